The summed E-state index contributed by atoms with van der Waals surface area (Å²) in [5, 5.41) is 5.90. The number of fused-ring (bicyclic) bond motifs is 1. The summed E-state index contributed by atoms with van der Waals surface area (Å²) in [5.41, 5.74) is 3.96. The second kappa shape index (κ2) is 9.47. The number of nitrogens with two attached hydrogens (primary N) is 1. The molecule has 188 valence electrons. The zero-order chi connectivity index (χ0) is 26.4. The van der Waals surface area contributed by atoms with Crippen molar-refractivity contribution in [3.8, 4) is 11.1 Å². The Morgan fingerprint density at radius 1 is 1.22 bits per heavy atom. The minimum absolute atomic E-state index is 0.0604. The summed E-state index contributed by atoms with van der Waals surface area (Å²) in [7, 11) is 0. The van der Waals surface area contributed by atoms with Crippen LogP contribution in [-0.2, 0) is 17.5 Å². The molecule has 7 nitrogen and oxygen atoms in total. The molecule has 0 aliphatic heterocycles. The molecule has 0 unspecified atom stereocenters. The van der Waals surface area contributed by atoms with Crippen LogP contribution >= 0.6 is 22.9 Å². The lowest BCUT2D eigenvalue weighted by atomic mass is 10.0. The van der Waals surface area contributed by atoms with E-state index in [1.54, 1.807) is 30.3 Å². The Morgan fingerprint density at radius 3 is 2.44 bits per heavy atom. The molecule has 14 heteroatoms. The molecule has 0 saturated heterocycles. The Hall–Kier alpha value is -3.58. The fraction of sp³-hybridized carbons (Fsp3) is 0.182. The molecule has 3 N–H and O–H groups in total. The topological polar surface area (TPSA) is 103 Å². The highest BCUT2D eigenvalue weighted by molar-refractivity contribution is 7.21. The Balaban J connectivity index is 1.85. The molecule has 4 aromatic rings. The summed E-state index contributed by atoms with van der Waals surface area (Å²) in [6.07, 6.45) is -7.75. The van der Waals surface area contributed by atoms with Crippen LogP contribution in [0.3, 0.4) is 0 Å². The van der Waals surface area contributed by atoms with Gasteiger partial charge in [-0.25, -0.2) is 13.8 Å². The number of thiophene rings is 1. The smallest absolute Gasteiger partial charge is 0.365 e. The fourth-order valence-corrected chi connectivity index (χ4v) is 4.76. The Morgan fingerprint density at radius 2 is 1.89 bits per heavy atom. The van der Waals surface area contributed by atoms with Gasteiger partial charge in [0.2, 0.25) is 5.91 Å². The number of primary amides is 1. The number of alkyl halides is 5. The first kappa shape index (κ1) is 25.5. The van der Waals surface area contributed by atoms with Crippen molar-refractivity contribution in [1.29, 1.82) is 0 Å². The quantitative estimate of drug-likeness (QED) is 0.299. The highest BCUT2D eigenvalue weighted by atomic mass is 35.5. The lowest BCUT2D eigenvalue weighted by Crippen LogP contribution is -2.22. The SMILES string of the molecule is Cc1c(Cl)c(C(F)F)nn1CC(=O)Nc1c(C(N)=O)sc2nc(C(F)(F)F)cc(-c3ccccc3)c12. The predicted molar refractivity (Wildman–Crippen MR) is 124 cm³/mol. The molecular weight excluding hydrogens is 529 g/mol. The van der Waals surface area contributed by atoms with Crippen LogP contribution < -0.4 is 11.1 Å². The molecule has 2 amide bonds. The van der Waals surface area contributed by atoms with Crippen molar-refractivity contribution in [2.24, 2.45) is 5.73 Å². The van der Waals surface area contributed by atoms with E-state index in [0.29, 0.717) is 16.9 Å². The molecule has 4 rings (SSSR count). The molecule has 3 heterocycles. The van der Waals surface area contributed by atoms with Gasteiger partial charge in [0.1, 0.15) is 27.6 Å². The van der Waals surface area contributed by atoms with Gasteiger partial charge in [-0.15, -0.1) is 11.3 Å². The van der Waals surface area contributed by atoms with Crippen LogP contribution in [0.25, 0.3) is 21.3 Å². The first-order valence-corrected chi connectivity index (χ1v) is 11.3. The van der Waals surface area contributed by atoms with Crippen LogP contribution in [0.15, 0.2) is 36.4 Å². The van der Waals surface area contributed by atoms with E-state index >= 15 is 0 Å². The first-order chi connectivity index (χ1) is 16.9. The Kier molecular flexibility index (Phi) is 6.71. The van der Waals surface area contributed by atoms with E-state index in [1.807, 2.05) is 0 Å². The number of hydrogen-bond acceptors (Lipinski definition) is 5. The van der Waals surface area contributed by atoms with Crippen LogP contribution in [0.5, 0.6) is 0 Å². The molecule has 3 aromatic heterocycles. The van der Waals surface area contributed by atoms with Gasteiger partial charge in [0.25, 0.3) is 12.3 Å². The number of amides is 2. The van der Waals surface area contributed by atoms with Crippen LogP contribution in [0.4, 0.5) is 27.6 Å². The molecule has 0 saturated carbocycles. The zero-order valence-electron chi connectivity index (χ0n) is 18.2. The molecule has 1 aromatic carbocycles. The van der Waals surface area contributed by atoms with Crippen molar-refractivity contribution < 1.29 is 31.5 Å². The summed E-state index contributed by atoms with van der Waals surface area (Å²) in [4.78, 5) is 28.3. The number of aromatic nitrogens is 3. The minimum atomic E-state index is -4.78. The molecular formula is C22H15ClF5N5O2S. The maximum atomic E-state index is 13.6. The maximum absolute atomic E-state index is 13.6. The third kappa shape index (κ3) is 4.75. The van der Waals surface area contributed by atoms with E-state index in [9.17, 15) is 31.5 Å². The third-order valence-electron chi connectivity index (χ3n) is 5.18. The van der Waals surface area contributed by atoms with Crippen LogP contribution in [0.2, 0.25) is 5.02 Å². The molecule has 0 aliphatic rings. The van der Waals surface area contributed by atoms with Gasteiger partial charge in [0.15, 0.2) is 0 Å². The van der Waals surface area contributed by atoms with Crippen molar-refractivity contribution in [1.82, 2.24) is 14.8 Å². The lowest BCUT2D eigenvalue weighted by Gasteiger charge is -2.12. The average Bonchev–Trinajstić information content (AvgIpc) is 3.31. The summed E-state index contributed by atoms with van der Waals surface area (Å²) < 4.78 is 67.9. The first-order valence-electron chi connectivity index (χ1n) is 10.1. The minimum Gasteiger partial charge on any atom is -0.365 e. The largest absolute Gasteiger partial charge is 0.433 e. The van der Waals surface area contributed by atoms with Crippen LogP contribution in [-0.4, -0.2) is 26.6 Å². The van der Waals surface area contributed by atoms with Gasteiger partial charge in [0, 0.05) is 5.39 Å². The van der Waals surface area contributed by atoms with E-state index in [0.717, 1.165) is 10.7 Å². The van der Waals surface area contributed by atoms with Crippen LogP contribution in [0.1, 0.15) is 33.2 Å². The van der Waals surface area contributed by atoms with E-state index in [4.69, 9.17) is 17.3 Å². The zero-order valence-corrected chi connectivity index (χ0v) is 19.7. The predicted octanol–water partition coefficient (Wildman–Crippen LogP) is 5.82. The van der Waals surface area contributed by atoms with Crippen LogP contribution in [0, 0.1) is 6.92 Å². The second-order valence-electron chi connectivity index (χ2n) is 7.56. The van der Waals surface area contributed by atoms with Crippen molar-refractivity contribution in [3.05, 3.63) is 63.4 Å². The van der Waals surface area contributed by atoms with Crippen molar-refractivity contribution in [2.75, 3.05) is 5.32 Å². The molecule has 0 atom stereocenters. The standard InChI is InChI=1S/C22H15ClF5N5O2S/c1-9-15(23)17(19(24)25)32-33(9)8-13(34)31-16-14-11(10-5-3-2-4-6-10)7-12(22(26,27)28)30-21(14)36-18(16)20(29)35/h2-7,19H,8H2,1H3,(H2,29,35)(H,31,34). The van der Waals surface area contributed by atoms with E-state index in [-0.39, 0.29) is 37.1 Å². The van der Waals surface area contributed by atoms with Gasteiger partial charge in [-0.2, -0.15) is 18.3 Å². The molecule has 0 radical (unpaired) electrons. The van der Waals surface area contributed by atoms with Crippen molar-refractivity contribution >= 4 is 50.7 Å². The highest BCUT2D eigenvalue weighted by Gasteiger charge is 2.35. The number of benzene rings is 1. The van der Waals surface area contributed by atoms with Crippen molar-refractivity contribution in [2.45, 2.75) is 26.1 Å². The maximum Gasteiger partial charge on any atom is 0.433 e. The average molecular weight is 544 g/mol. The number of nitrogens with zero attached hydrogens (tertiary/aromatic N) is 3. The molecule has 0 spiro atoms. The van der Waals surface area contributed by atoms with Crippen molar-refractivity contribution in [3.63, 3.8) is 0 Å². The second-order valence-corrected chi connectivity index (χ2v) is 8.94. The normalized spacial score (nSPS) is 11.9. The van der Waals surface area contributed by atoms with Gasteiger partial charge in [-0.1, -0.05) is 41.9 Å². The molecule has 0 aliphatic carbocycles. The van der Waals surface area contributed by atoms with E-state index < -0.39 is 42.3 Å². The number of rotatable bonds is 6. The van der Waals surface area contributed by atoms with Gasteiger partial charge in [0.05, 0.1) is 16.4 Å². The van der Waals surface area contributed by atoms with Gasteiger partial charge < -0.3 is 11.1 Å². The van der Waals surface area contributed by atoms with E-state index in [1.165, 1.54) is 6.92 Å². The number of hydrogen-bond donors (Lipinski definition) is 2. The lowest BCUT2D eigenvalue weighted by molar-refractivity contribution is -0.140. The molecule has 36 heavy (non-hydrogen) atoms. The molecule has 0 bridgehead atoms. The highest BCUT2D eigenvalue weighted by Crippen LogP contribution is 2.43. The monoisotopic (exact) mass is 543 g/mol. The van der Waals surface area contributed by atoms with E-state index in [2.05, 4.69) is 15.4 Å². The third-order valence-corrected chi connectivity index (χ3v) is 6.75. The Bertz CT molecular complexity index is 1480. The van der Waals surface area contributed by atoms with Gasteiger partial charge in [-0.05, 0) is 24.1 Å². The van der Waals surface area contributed by atoms with Gasteiger partial charge >= 0.3 is 6.18 Å². The number of carbonyl (C=O) groups excluding carboxylic acids is 2. The number of anilines is 1. The summed E-state index contributed by atoms with van der Waals surface area (Å²) in [6, 6.07) is 8.82. The fourth-order valence-electron chi connectivity index (χ4n) is 3.54. The Labute approximate surface area is 208 Å². The number of pyridine rings is 1. The number of nitrogens with one attached hydrogen (secondary N) is 1. The number of carbonyl (C=O) groups is 2. The number of halogens is 6. The summed E-state index contributed by atoms with van der Waals surface area (Å²) >= 11 is 6.46. The summed E-state index contributed by atoms with van der Waals surface area (Å²) in [5.74, 6) is -1.81. The molecule has 0 fully saturated rings. The summed E-state index contributed by atoms with van der Waals surface area (Å²) in [6.45, 7) is 0.821. The van der Waals surface area contributed by atoms with Gasteiger partial charge in [-0.3, -0.25) is 14.3 Å².